The molecule has 0 N–H and O–H groups in total. The van der Waals surface area contributed by atoms with Gasteiger partial charge in [0, 0.05) is 19.3 Å². The first-order valence-corrected chi connectivity index (χ1v) is 6.78. The van der Waals surface area contributed by atoms with Crippen LogP contribution in [0, 0.1) is 0 Å². The van der Waals surface area contributed by atoms with Crippen molar-refractivity contribution in [3.05, 3.63) is 59.4 Å². The highest BCUT2D eigenvalue weighted by Gasteiger charge is 2.34. The molecule has 5 heteroatoms. The van der Waals surface area contributed by atoms with E-state index in [9.17, 15) is 14.4 Å². The molecule has 1 aromatic heterocycles. The molecule has 0 saturated heterocycles. The average Bonchev–Trinajstić information content (AvgIpc) is 3.06. The van der Waals surface area contributed by atoms with Crippen LogP contribution in [0.4, 0.5) is 0 Å². The number of rotatable bonds is 5. The molecule has 0 spiro atoms. The molecule has 0 fully saturated rings. The zero-order chi connectivity index (χ0) is 14.8. The van der Waals surface area contributed by atoms with E-state index in [1.165, 1.54) is 4.90 Å². The SMILES string of the molecule is O=Cc1cccn1CCCN1C(=O)c2ccccc2C1=O. The second-order valence-electron chi connectivity index (χ2n) is 4.91. The largest absolute Gasteiger partial charge is 0.345 e. The van der Waals surface area contributed by atoms with Gasteiger partial charge in [0.2, 0.25) is 0 Å². The van der Waals surface area contributed by atoms with E-state index in [-0.39, 0.29) is 11.8 Å². The number of benzene rings is 1. The molecule has 0 radical (unpaired) electrons. The van der Waals surface area contributed by atoms with Gasteiger partial charge in [-0.05, 0) is 30.7 Å². The summed E-state index contributed by atoms with van der Waals surface area (Å²) >= 11 is 0. The summed E-state index contributed by atoms with van der Waals surface area (Å²) in [5.41, 5.74) is 1.53. The van der Waals surface area contributed by atoms with Crippen molar-refractivity contribution in [2.24, 2.45) is 0 Å². The molecule has 106 valence electrons. The second kappa shape index (κ2) is 5.36. The van der Waals surface area contributed by atoms with Crippen molar-refractivity contribution in [3.8, 4) is 0 Å². The number of aryl methyl sites for hydroxylation is 1. The molecule has 2 amide bonds. The van der Waals surface area contributed by atoms with Gasteiger partial charge < -0.3 is 4.57 Å². The summed E-state index contributed by atoms with van der Waals surface area (Å²) in [6.45, 7) is 0.942. The van der Waals surface area contributed by atoms with Gasteiger partial charge in [0.1, 0.15) is 0 Å². The van der Waals surface area contributed by atoms with Gasteiger partial charge in [-0.3, -0.25) is 19.3 Å². The van der Waals surface area contributed by atoms with Crippen molar-refractivity contribution in [3.63, 3.8) is 0 Å². The van der Waals surface area contributed by atoms with Gasteiger partial charge in [0.15, 0.2) is 6.29 Å². The zero-order valence-electron chi connectivity index (χ0n) is 11.4. The monoisotopic (exact) mass is 282 g/mol. The summed E-state index contributed by atoms with van der Waals surface area (Å²) in [6.07, 6.45) is 3.22. The number of fused-ring (bicyclic) bond motifs is 1. The first kappa shape index (κ1) is 13.3. The predicted molar refractivity (Wildman–Crippen MR) is 76.2 cm³/mol. The van der Waals surface area contributed by atoms with Crippen molar-refractivity contribution in [1.29, 1.82) is 0 Å². The number of carbonyl (C=O) groups is 3. The summed E-state index contributed by atoms with van der Waals surface area (Å²) in [5.74, 6) is -0.475. The van der Waals surface area contributed by atoms with Crippen LogP contribution in [0.15, 0.2) is 42.6 Å². The van der Waals surface area contributed by atoms with E-state index in [1.54, 1.807) is 36.4 Å². The number of hydrogen-bond acceptors (Lipinski definition) is 3. The molecule has 1 aliphatic rings. The third-order valence-corrected chi connectivity index (χ3v) is 3.64. The molecule has 0 aliphatic carbocycles. The van der Waals surface area contributed by atoms with E-state index in [2.05, 4.69) is 0 Å². The smallest absolute Gasteiger partial charge is 0.261 e. The maximum atomic E-state index is 12.2. The van der Waals surface area contributed by atoms with Crippen molar-refractivity contribution >= 4 is 18.1 Å². The molecular weight excluding hydrogens is 268 g/mol. The minimum Gasteiger partial charge on any atom is -0.345 e. The second-order valence-corrected chi connectivity index (χ2v) is 4.91. The summed E-state index contributed by atoms with van der Waals surface area (Å²) in [4.78, 5) is 36.4. The van der Waals surface area contributed by atoms with Crippen LogP contribution in [0.3, 0.4) is 0 Å². The van der Waals surface area contributed by atoms with Crippen molar-refractivity contribution in [1.82, 2.24) is 9.47 Å². The van der Waals surface area contributed by atoms with E-state index in [0.717, 1.165) is 6.29 Å². The van der Waals surface area contributed by atoms with E-state index in [4.69, 9.17) is 0 Å². The Morgan fingerprint density at radius 1 is 0.905 bits per heavy atom. The zero-order valence-corrected chi connectivity index (χ0v) is 11.4. The van der Waals surface area contributed by atoms with Crippen LogP contribution in [0.2, 0.25) is 0 Å². The van der Waals surface area contributed by atoms with Crippen LogP contribution < -0.4 is 0 Å². The number of nitrogens with zero attached hydrogens (tertiary/aromatic N) is 2. The Morgan fingerprint density at radius 2 is 1.57 bits per heavy atom. The van der Waals surface area contributed by atoms with Gasteiger partial charge in [0.25, 0.3) is 11.8 Å². The molecule has 2 heterocycles. The Bertz CT molecular complexity index is 683. The first-order valence-electron chi connectivity index (χ1n) is 6.78. The molecule has 0 atom stereocenters. The minimum atomic E-state index is -0.237. The lowest BCUT2D eigenvalue weighted by Gasteiger charge is -2.14. The molecule has 0 unspecified atom stereocenters. The number of aldehydes is 1. The van der Waals surface area contributed by atoms with Gasteiger partial charge >= 0.3 is 0 Å². The number of amides is 2. The standard InChI is InChI=1S/C16H14N2O3/c19-11-12-5-3-8-17(12)9-4-10-18-15(20)13-6-1-2-7-14(13)16(18)21/h1-3,5-8,11H,4,9-10H2. The van der Waals surface area contributed by atoms with Crippen molar-refractivity contribution in [2.45, 2.75) is 13.0 Å². The number of imide groups is 1. The summed E-state index contributed by atoms with van der Waals surface area (Å²) in [7, 11) is 0. The van der Waals surface area contributed by atoms with Crippen LogP contribution in [0.25, 0.3) is 0 Å². The van der Waals surface area contributed by atoms with Gasteiger partial charge in [-0.2, -0.15) is 0 Å². The number of carbonyl (C=O) groups excluding carboxylic acids is 3. The first-order chi connectivity index (χ1) is 10.2. The molecular formula is C16H14N2O3. The molecule has 0 saturated carbocycles. The fourth-order valence-electron chi connectivity index (χ4n) is 2.58. The Hall–Kier alpha value is -2.69. The van der Waals surface area contributed by atoms with Crippen LogP contribution in [-0.2, 0) is 6.54 Å². The molecule has 1 aliphatic heterocycles. The Balaban J connectivity index is 1.66. The van der Waals surface area contributed by atoms with Crippen molar-refractivity contribution in [2.75, 3.05) is 6.54 Å². The third-order valence-electron chi connectivity index (χ3n) is 3.64. The maximum Gasteiger partial charge on any atom is 0.261 e. The lowest BCUT2D eigenvalue weighted by molar-refractivity contribution is 0.0650. The van der Waals surface area contributed by atoms with Crippen LogP contribution >= 0.6 is 0 Å². The van der Waals surface area contributed by atoms with Gasteiger partial charge in [-0.15, -0.1) is 0 Å². The highest BCUT2D eigenvalue weighted by Crippen LogP contribution is 2.22. The van der Waals surface area contributed by atoms with E-state index in [0.29, 0.717) is 36.3 Å². The van der Waals surface area contributed by atoms with Gasteiger partial charge in [-0.25, -0.2) is 0 Å². The van der Waals surface area contributed by atoms with E-state index < -0.39 is 0 Å². The summed E-state index contributed by atoms with van der Waals surface area (Å²) in [5, 5.41) is 0. The fraction of sp³-hybridized carbons (Fsp3) is 0.188. The predicted octanol–water partition coefficient (Wildman–Crippen LogP) is 1.99. The van der Waals surface area contributed by atoms with Gasteiger partial charge in [0.05, 0.1) is 16.8 Å². The van der Waals surface area contributed by atoms with E-state index >= 15 is 0 Å². The lowest BCUT2D eigenvalue weighted by atomic mass is 10.1. The molecule has 5 nitrogen and oxygen atoms in total. The Kier molecular flexibility index (Phi) is 3.39. The normalized spacial score (nSPS) is 13.6. The quantitative estimate of drug-likeness (QED) is 0.622. The Labute approximate surface area is 121 Å². The molecule has 2 aromatic rings. The molecule has 1 aromatic carbocycles. The number of aromatic nitrogens is 1. The highest BCUT2D eigenvalue weighted by molar-refractivity contribution is 6.21. The maximum absolute atomic E-state index is 12.2. The number of hydrogen-bond donors (Lipinski definition) is 0. The lowest BCUT2D eigenvalue weighted by Crippen LogP contribution is -2.31. The molecule has 0 bridgehead atoms. The third kappa shape index (κ3) is 2.27. The molecule has 3 rings (SSSR count). The topological polar surface area (TPSA) is 59.4 Å². The molecule has 21 heavy (non-hydrogen) atoms. The fourth-order valence-corrected chi connectivity index (χ4v) is 2.58. The van der Waals surface area contributed by atoms with Crippen molar-refractivity contribution < 1.29 is 14.4 Å². The summed E-state index contributed by atoms with van der Waals surface area (Å²) in [6, 6.07) is 10.4. The van der Waals surface area contributed by atoms with Crippen LogP contribution in [0.5, 0.6) is 0 Å². The van der Waals surface area contributed by atoms with E-state index in [1.807, 2.05) is 10.8 Å². The summed E-state index contributed by atoms with van der Waals surface area (Å²) < 4.78 is 1.81. The van der Waals surface area contributed by atoms with Crippen LogP contribution in [-0.4, -0.2) is 34.1 Å². The minimum absolute atomic E-state index is 0.237. The van der Waals surface area contributed by atoms with Crippen LogP contribution in [0.1, 0.15) is 37.6 Å². The Morgan fingerprint density at radius 3 is 2.19 bits per heavy atom. The van der Waals surface area contributed by atoms with Gasteiger partial charge in [-0.1, -0.05) is 12.1 Å². The average molecular weight is 282 g/mol. The highest BCUT2D eigenvalue weighted by atomic mass is 16.2.